The highest BCUT2D eigenvalue weighted by molar-refractivity contribution is 7.22. The van der Waals surface area contributed by atoms with Crippen molar-refractivity contribution in [2.24, 2.45) is 0 Å². The smallest absolute Gasteiger partial charge is 0.253 e. The highest BCUT2D eigenvalue weighted by atomic mass is 32.1. The van der Waals surface area contributed by atoms with E-state index in [1.54, 1.807) is 33.6 Å². The highest BCUT2D eigenvalue weighted by Crippen LogP contribution is 2.32. The molecule has 28 heavy (non-hydrogen) atoms. The van der Waals surface area contributed by atoms with Crippen LogP contribution in [0.25, 0.3) is 16.3 Å². The Kier molecular flexibility index (Phi) is 5.65. The van der Waals surface area contributed by atoms with Crippen molar-refractivity contribution in [2.45, 2.75) is 19.9 Å². The van der Waals surface area contributed by atoms with Crippen LogP contribution in [0.4, 0.5) is 5.13 Å². The van der Waals surface area contributed by atoms with Gasteiger partial charge in [-0.05, 0) is 41.1 Å². The third kappa shape index (κ3) is 4.06. The second-order valence-corrected chi connectivity index (χ2v) is 8.36. The summed E-state index contributed by atoms with van der Waals surface area (Å²) in [4.78, 5) is 20.8. The summed E-state index contributed by atoms with van der Waals surface area (Å²) in [7, 11) is 0. The summed E-state index contributed by atoms with van der Waals surface area (Å²) in [6.45, 7) is 2.63. The zero-order chi connectivity index (χ0) is 19.3. The van der Waals surface area contributed by atoms with E-state index in [9.17, 15) is 4.79 Å². The van der Waals surface area contributed by atoms with E-state index in [0.29, 0.717) is 6.54 Å². The Morgan fingerprint density at radius 1 is 1.07 bits per heavy atom. The summed E-state index contributed by atoms with van der Waals surface area (Å²) < 4.78 is 1.11. The number of thiophene rings is 1. The van der Waals surface area contributed by atoms with Gasteiger partial charge in [-0.15, -0.1) is 11.3 Å². The van der Waals surface area contributed by atoms with Crippen LogP contribution in [-0.4, -0.2) is 10.9 Å². The van der Waals surface area contributed by atoms with Gasteiger partial charge in [-0.1, -0.05) is 66.8 Å². The van der Waals surface area contributed by atoms with Crippen LogP contribution in [-0.2, 0) is 17.8 Å². The van der Waals surface area contributed by atoms with Gasteiger partial charge >= 0.3 is 0 Å². The number of thiazole rings is 1. The molecule has 0 radical (unpaired) electrons. The zero-order valence-electron chi connectivity index (χ0n) is 15.5. The predicted octanol–water partition coefficient (Wildman–Crippen LogP) is 6.17. The number of amides is 1. The summed E-state index contributed by atoms with van der Waals surface area (Å²) in [5.41, 5.74) is 3.29. The van der Waals surface area contributed by atoms with Gasteiger partial charge in [-0.2, -0.15) is 0 Å². The molecule has 5 heteroatoms. The van der Waals surface area contributed by atoms with Crippen LogP contribution in [0.2, 0.25) is 0 Å². The molecule has 2 aromatic heterocycles. The molecule has 2 aromatic carbocycles. The van der Waals surface area contributed by atoms with E-state index in [0.717, 1.165) is 32.2 Å². The van der Waals surface area contributed by atoms with Gasteiger partial charge in [0.25, 0.3) is 5.91 Å². The molecule has 1 amide bonds. The Hall–Kier alpha value is -2.76. The Morgan fingerprint density at radius 3 is 2.68 bits per heavy atom. The van der Waals surface area contributed by atoms with E-state index < -0.39 is 0 Å². The average Bonchev–Trinajstić information content (AvgIpc) is 3.40. The quantitative estimate of drug-likeness (QED) is 0.360. The second-order valence-electron chi connectivity index (χ2n) is 6.37. The SMILES string of the molecule is CCc1cccc2sc(N(Cc3ccccc3)C(=O)/C=C/c3cccs3)nc12. The Labute approximate surface area is 172 Å². The predicted molar refractivity (Wildman–Crippen MR) is 120 cm³/mol. The van der Waals surface area contributed by atoms with Crippen LogP contribution in [0, 0.1) is 0 Å². The number of carbonyl (C=O) groups is 1. The summed E-state index contributed by atoms with van der Waals surface area (Å²) in [5.74, 6) is -0.0608. The topological polar surface area (TPSA) is 33.2 Å². The maximum absolute atomic E-state index is 13.1. The maximum atomic E-state index is 13.1. The summed E-state index contributed by atoms with van der Waals surface area (Å²) in [6.07, 6.45) is 4.43. The van der Waals surface area contributed by atoms with Crippen molar-refractivity contribution in [3.05, 3.63) is 88.1 Å². The van der Waals surface area contributed by atoms with E-state index >= 15 is 0 Å². The molecule has 0 N–H and O–H groups in total. The molecule has 0 aliphatic carbocycles. The van der Waals surface area contributed by atoms with Crippen molar-refractivity contribution in [1.82, 2.24) is 4.98 Å². The number of para-hydroxylation sites is 1. The first-order valence-electron chi connectivity index (χ1n) is 9.20. The molecule has 3 nitrogen and oxygen atoms in total. The number of benzene rings is 2. The Bertz CT molecular complexity index is 1100. The summed E-state index contributed by atoms with van der Waals surface area (Å²) >= 11 is 3.18. The standard InChI is InChI=1S/C23H20N2OS2/c1-2-18-10-6-12-20-22(18)24-23(28-20)25(16-17-8-4-3-5-9-17)21(26)14-13-19-11-7-15-27-19/h3-15H,2,16H2,1H3/b14-13+. The fourth-order valence-corrected chi connectivity index (χ4v) is 4.67. The molecule has 0 atom stereocenters. The van der Waals surface area contributed by atoms with E-state index in [2.05, 4.69) is 25.1 Å². The Morgan fingerprint density at radius 2 is 1.93 bits per heavy atom. The van der Waals surface area contributed by atoms with Gasteiger partial charge in [0.05, 0.1) is 16.8 Å². The fourth-order valence-electron chi connectivity index (χ4n) is 3.03. The van der Waals surface area contributed by atoms with Crippen LogP contribution >= 0.6 is 22.7 Å². The van der Waals surface area contributed by atoms with Crippen molar-refractivity contribution in [1.29, 1.82) is 0 Å². The lowest BCUT2D eigenvalue weighted by Crippen LogP contribution is -2.28. The van der Waals surface area contributed by atoms with Crippen molar-refractivity contribution >= 4 is 50.0 Å². The maximum Gasteiger partial charge on any atom is 0.253 e. The lowest BCUT2D eigenvalue weighted by molar-refractivity contribution is -0.114. The molecular formula is C23H20N2OS2. The molecule has 140 valence electrons. The minimum absolute atomic E-state index is 0.0608. The zero-order valence-corrected chi connectivity index (χ0v) is 17.2. The van der Waals surface area contributed by atoms with Gasteiger partial charge in [-0.25, -0.2) is 4.98 Å². The monoisotopic (exact) mass is 404 g/mol. The third-order valence-electron chi connectivity index (χ3n) is 4.49. The molecule has 0 unspecified atom stereocenters. The lowest BCUT2D eigenvalue weighted by Gasteiger charge is -2.18. The second kappa shape index (κ2) is 8.50. The van der Waals surface area contributed by atoms with Crippen LogP contribution < -0.4 is 4.90 Å². The van der Waals surface area contributed by atoms with Crippen molar-refractivity contribution in [3.63, 3.8) is 0 Å². The summed E-state index contributed by atoms with van der Waals surface area (Å²) in [6, 6.07) is 20.3. The third-order valence-corrected chi connectivity index (χ3v) is 6.37. The number of nitrogens with zero attached hydrogens (tertiary/aromatic N) is 2. The largest absolute Gasteiger partial charge is 0.280 e. The van der Waals surface area contributed by atoms with Gasteiger partial charge in [0, 0.05) is 11.0 Å². The minimum Gasteiger partial charge on any atom is -0.280 e. The lowest BCUT2D eigenvalue weighted by atomic mass is 10.1. The van der Waals surface area contributed by atoms with Crippen LogP contribution in [0.1, 0.15) is 22.9 Å². The average molecular weight is 405 g/mol. The molecule has 0 bridgehead atoms. The van der Waals surface area contributed by atoms with Gasteiger partial charge in [0.1, 0.15) is 0 Å². The minimum atomic E-state index is -0.0608. The molecular weight excluding hydrogens is 384 g/mol. The van der Waals surface area contributed by atoms with Crippen molar-refractivity contribution in [2.75, 3.05) is 4.90 Å². The van der Waals surface area contributed by atoms with Crippen LogP contribution in [0.5, 0.6) is 0 Å². The molecule has 0 aliphatic heterocycles. The number of hydrogen-bond acceptors (Lipinski definition) is 4. The molecule has 4 rings (SSSR count). The number of aryl methyl sites for hydroxylation is 1. The van der Waals surface area contributed by atoms with E-state index in [1.807, 2.05) is 53.9 Å². The number of anilines is 1. The van der Waals surface area contributed by atoms with E-state index in [1.165, 1.54) is 5.56 Å². The van der Waals surface area contributed by atoms with E-state index in [4.69, 9.17) is 4.98 Å². The van der Waals surface area contributed by atoms with Gasteiger partial charge in [-0.3, -0.25) is 9.69 Å². The van der Waals surface area contributed by atoms with Crippen molar-refractivity contribution < 1.29 is 4.79 Å². The number of hydrogen-bond donors (Lipinski definition) is 0. The molecule has 2 heterocycles. The van der Waals surface area contributed by atoms with Crippen LogP contribution in [0.15, 0.2) is 72.1 Å². The molecule has 0 saturated heterocycles. The number of aromatic nitrogens is 1. The van der Waals surface area contributed by atoms with Gasteiger partial charge in [0.2, 0.25) is 0 Å². The number of fused-ring (bicyclic) bond motifs is 1. The Balaban J connectivity index is 1.71. The normalized spacial score (nSPS) is 11.3. The van der Waals surface area contributed by atoms with Gasteiger partial charge in [0.15, 0.2) is 5.13 Å². The molecule has 0 fully saturated rings. The van der Waals surface area contributed by atoms with Gasteiger partial charge < -0.3 is 0 Å². The fraction of sp³-hybridized carbons (Fsp3) is 0.130. The first-order valence-corrected chi connectivity index (χ1v) is 10.9. The van der Waals surface area contributed by atoms with Crippen molar-refractivity contribution in [3.8, 4) is 0 Å². The van der Waals surface area contributed by atoms with E-state index in [-0.39, 0.29) is 5.91 Å². The first kappa shape index (κ1) is 18.6. The van der Waals surface area contributed by atoms with Crippen LogP contribution in [0.3, 0.4) is 0 Å². The molecule has 4 aromatic rings. The molecule has 0 spiro atoms. The first-order chi connectivity index (χ1) is 13.7. The molecule has 0 aliphatic rings. The summed E-state index contributed by atoms with van der Waals surface area (Å²) in [5, 5.41) is 2.74. The highest BCUT2D eigenvalue weighted by Gasteiger charge is 2.19. The molecule has 0 saturated carbocycles. The number of rotatable bonds is 6. The number of carbonyl (C=O) groups excluding carboxylic acids is 1.